The molecule has 4 rings (SSSR count). The van der Waals surface area contributed by atoms with Crippen molar-refractivity contribution in [2.75, 3.05) is 31.3 Å². The zero-order valence-electron chi connectivity index (χ0n) is 19.3. The quantitative estimate of drug-likeness (QED) is 0.498. The molecular formula is C24H28N4O3S2. The molecular weight excluding hydrogens is 456 g/mol. The smallest absolute Gasteiger partial charge is 0.242 e. The number of anilines is 1. The summed E-state index contributed by atoms with van der Waals surface area (Å²) < 4.78 is 28.2. The summed E-state index contributed by atoms with van der Waals surface area (Å²) in [7, 11) is -0.475. The van der Waals surface area contributed by atoms with Crippen LogP contribution in [-0.4, -0.2) is 54.6 Å². The molecule has 0 fully saturated rings. The first-order valence-corrected chi connectivity index (χ1v) is 13.2. The number of rotatable bonds is 6. The molecule has 0 unspecified atom stereocenters. The van der Waals surface area contributed by atoms with Crippen molar-refractivity contribution < 1.29 is 13.2 Å². The van der Waals surface area contributed by atoms with Crippen LogP contribution in [0.15, 0.2) is 58.8 Å². The van der Waals surface area contributed by atoms with Gasteiger partial charge in [0.1, 0.15) is 0 Å². The number of amides is 1. The summed E-state index contributed by atoms with van der Waals surface area (Å²) in [6, 6.07) is 11.2. The normalized spacial score (nSPS) is 13.9. The lowest BCUT2D eigenvalue weighted by Crippen LogP contribution is -2.37. The van der Waals surface area contributed by atoms with E-state index < -0.39 is 10.0 Å². The highest BCUT2D eigenvalue weighted by molar-refractivity contribution is 7.99. The van der Waals surface area contributed by atoms with Gasteiger partial charge in [-0.05, 0) is 67.6 Å². The van der Waals surface area contributed by atoms with E-state index in [1.807, 2.05) is 16.8 Å². The van der Waals surface area contributed by atoms with Crippen LogP contribution in [0.1, 0.15) is 23.1 Å². The highest BCUT2D eigenvalue weighted by Crippen LogP contribution is 2.31. The molecule has 7 nitrogen and oxygen atoms in total. The van der Waals surface area contributed by atoms with Gasteiger partial charge in [0.15, 0.2) is 5.16 Å². The minimum atomic E-state index is -3.51. The Morgan fingerprint density at radius 3 is 2.70 bits per heavy atom. The molecule has 0 saturated heterocycles. The predicted octanol–water partition coefficient (Wildman–Crippen LogP) is 3.81. The largest absolute Gasteiger partial charge is 0.311 e. The number of imidazole rings is 1. The minimum absolute atomic E-state index is 0.0142. The van der Waals surface area contributed by atoms with Crippen molar-refractivity contribution in [2.45, 2.75) is 36.7 Å². The zero-order chi connectivity index (χ0) is 23.8. The topological polar surface area (TPSA) is 75.5 Å². The van der Waals surface area contributed by atoms with Gasteiger partial charge in [-0.1, -0.05) is 23.9 Å². The SMILES string of the molecule is Cc1cccc(-n2ccnc2SCC(=O)N2CCCc3cc(S(=O)(=O)N(C)C)ccc32)c1C. The molecule has 1 aliphatic heterocycles. The van der Waals surface area contributed by atoms with Crippen LogP contribution in [0, 0.1) is 13.8 Å². The number of aromatic nitrogens is 2. The second kappa shape index (κ2) is 9.32. The highest BCUT2D eigenvalue weighted by atomic mass is 32.2. The van der Waals surface area contributed by atoms with Gasteiger partial charge in [-0.25, -0.2) is 17.7 Å². The minimum Gasteiger partial charge on any atom is -0.311 e. The molecule has 0 aliphatic carbocycles. The number of hydrogen-bond donors (Lipinski definition) is 0. The van der Waals surface area contributed by atoms with Crippen molar-refractivity contribution in [3.05, 3.63) is 65.5 Å². The molecule has 1 aliphatic rings. The summed E-state index contributed by atoms with van der Waals surface area (Å²) in [4.78, 5) is 19.6. The maximum absolute atomic E-state index is 13.2. The number of carbonyl (C=O) groups is 1. The molecule has 0 radical (unpaired) electrons. The average molecular weight is 485 g/mol. The van der Waals surface area contributed by atoms with E-state index in [2.05, 4.69) is 31.0 Å². The molecule has 1 amide bonds. The number of nitrogens with zero attached hydrogens (tertiary/aromatic N) is 4. The van der Waals surface area contributed by atoms with Gasteiger partial charge in [0.05, 0.1) is 16.3 Å². The molecule has 0 spiro atoms. The second-order valence-electron chi connectivity index (χ2n) is 8.31. The molecule has 3 aromatic rings. The zero-order valence-corrected chi connectivity index (χ0v) is 20.9. The Hall–Kier alpha value is -2.62. The Morgan fingerprint density at radius 2 is 1.94 bits per heavy atom. The van der Waals surface area contributed by atoms with Gasteiger partial charge in [0.2, 0.25) is 15.9 Å². The summed E-state index contributed by atoms with van der Waals surface area (Å²) in [6.07, 6.45) is 5.21. The van der Waals surface area contributed by atoms with E-state index in [0.717, 1.165) is 34.9 Å². The molecule has 9 heteroatoms. The van der Waals surface area contributed by atoms with Crippen LogP contribution in [-0.2, 0) is 21.2 Å². The first-order valence-electron chi connectivity index (χ1n) is 10.8. The van der Waals surface area contributed by atoms with Gasteiger partial charge in [-0.2, -0.15) is 0 Å². The van der Waals surface area contributed by atoms with E-state index in [9.17, 15) is 13.2 Å². The van der Waals surface area contributed by atoms with E-state index >= 15 is 0 Å². The highest BCUT2D eigenvalue weighted by Gasteiger charge is 2.26. The number of fused-ring (bicyclic) bond motifs is 1. The van der Waals surface area contributed by atoms with Gasteiger partial charge in [0.25, 0.3) is 0 Å². The Morgan fingerprint density at radius 1 is 1.15 bits per heavy atom. The molecule has 174 valence electrons. The monoisotopic (exact) mass is 484 g/mol. The number of aryl methyl sites for hydroxylation is 2. The lowest BCUT2D eigenvalue weighted by molar-refractivity contribution is -0.116. The third-order valence-corrected chi connectivity index (χ3v) is 8.78. The molecule has 1 aromatic heterocycles. The summed E-state index contributed by atoms with van der Waals surface area (Å²) >= 11 is 1.41. The molecule has 0 N–H and O–H groups in total. The van der Waals surface area contributed by atoms with Crippen molar-refractivity contribution in [1.82, 2.24) is 13.9 Å². The van der Waals surface area contributed by atoms with Crippen LogP contribution in [0.5, 0.6) is 0 Å². The van der Waals surface area contributed by atoms with Crippen LogP contribution in [0.2, 0.25) is 0 Å². The van der Waals surface area contributed by atoms with Crippen molar-refractivity contribution in [1.29, 1.82) is 0 Å². The van der Waals surface area contributed by atoms with Crippen molar-refractivity contribution in [2.24, 2.45) is 0 Å². The van der Waals surface area contributed by atoms with E-state index in [4.69, 9.17) is 0 Å². The second-order valence-corrected chi connectivity index (χ2v) is 11.4. The van der Waals surface area contributed by atoms with Crippen LogP contribution in [0.3, 0.4) is 0 Å². The van der Waals surface area contributed by atoms with E-state index in [0.29, 0.717) is 6.54 Å². The van der Waals surface area contributed by atoms with Crippen molar-refractivity contribution >= 4 is 33.4 Å². The fraction of sp³-hybridized carbons (Fsp3) is 0.333. The molecule has 33 heavy (non-hydrogen) atoms. The summed E-state index contributed by atoms with van der Waals surface area (Å²) in [5, 5.41) is 0.765. The standard InChI is InChI=1S/C24H28N4O3S2/c1-17-7-5-9-21(18(17)2)28-14-12-25-24(28)32-16-23(29)27-13-6-8-19-15-20(10-11-22(19)27)33(30,31)26(3)4/h5,7,9-12,14-15H,6,8,13,16H2,1-4H3. The lowest BCUT2D eigenvalue weighted by atomic mass is 10.0. The van der Waals surface area contributed by atoms with Crippen molar-refractivity contribution in [3.63, 3.8) is 0 Å². The number of carbonyl (C=O) groups excluding carboxylic acids is 1. The number of thioether (sulfide) groups is 1. The van der Waals surface area contributed by atoms with Crippen LogP contribution >= 0.6 is 11.8 Å². The van der Waals surface area contributed by atoms with Gasteiger partial charge in [-0.15, -0.1) is 0 Å². The molecule has 2 aromatic carbocycles. The first kappa shape index (κ1) is 23.5. The van der Waals surface area contributed by atoms with Crippen LogP contribution in [0.25, 0.3) is 5.69 Å². The molecule has 2 heterocycles. The van der Waals surface area contributed by atoms with Gasteiger partial charge >= 0.3 is 0 Å². The van der Waals surface area contributed by atoms with Gasteiger partial charge < -0.3 is 4.90 Å². The number of hydrogen-bond acceptors (Lipinski definition) is 5. The van der Waals surface area contributed by atoms with E-state index in [1.54, 1.807) is 29.3 Å². The number of benzene rings is 2. The maximum Gasteiger partial charge on any atom is 0.242 e. The average Bonchev–Trinajstić information content (AvgIpc) is 3.26. The Balaban J connectivity index is 1.53. The fourth-order valence-corrected chi connectivity index (χ4v) is 5.78. The Kier molecular flexibility index (Phi) is 6.65. The van der Waals surface area contributed by atoms with Gasteiger partial charge in [0, 0.05) is 38.7 Å². The first-order chi connectivity index (χ1) is 15.7. The fourth-order valence-electron chi connectivity index (χ4n) is 3.98. The van der Waals surface area contributed by atoms with Crippen LogP contribution < -0.4 is 4.90 Å². The number of sulfonamides is 1. The predicted molar refractivity (Wildman–Crippen MR) is 132 cm³/mol. The summed E-state index contributed by atoms with van der Waals surface area (Å²) in [5.41, 5.74) is 5.12. The summed E-state index contributed by atoms with van der Waals surface area (Å²) in [5.74, 6) is 0.235. The Bertz CT molecular complexity index is 1300. The third-order valence-electron chi connectivity index (χ3n) is 6.02. The lowest BCUT2D eigenvalue weighted by Gasteiger charge is -2.30. The molecule has 0 saturated carbocycles. The van der Waals surface area contributed by atoms with Gasteiger partial charge in [-0.3, -0.25) is 9.36 Å². The molecule has 0 atom stereocenters. The maximum atomic E-state index is 13.2. The van der Waals surface area contributed by atoms with E-state index in [-0.39, 0.29) is 16.6 Å². The Labute approximate surface area is 199 Å². The third kappa shape index (κ3) is 4.58. The van der Waals surface area contributed by atoms with E-state index in [1.165, 1.54) is 41.3 Å². The van der Waals surface area contributed by atoms with Crippen LogP contribution in [0.4, 0.5) is 5.69 Å². The van der Waals surface area contributed by atoms with Crippen molar-refractivity contribution in [3.8, 4) is 5.69 Å². The summed E-state index contributed by atoms with van der Waals surface area (Å²) in [6.45, 7) is 4.78. The molecule has 0 bridgehead atoms.